The standard InChI is InChI=1S/C7H11N3O2/c1-6-5-7(9(2)8-6)3-4-10(11)12/h5H,3-4H2,1-2H3. The highest BCUT2D eigenvalue weighted by atomic mass is 16.6. The van der Waals surface area contributed by atoms with Gasteiger partial charge in [-0.25, -0.2) is 0 Å². The molecule has 12 heavy (non-hydrogen) atoms. The van der Waals surface area contributed by atoms with Crippen LogP contribution in [-0.4, -0.2) is 21.2 Å². The van der Waals surface area contributed by atoms with Crippen molar-refractivity contribution in [3.8, 4) is 0 Å². The van der Waals surface area contributed by atoms with E-state index in [9.17, 15) is 10.1 Å². The van der Waals surface area contributed by atoms with Gasteiger partial charge >= 0.3 is 0 Å². The van der Waals surface area contributed by atoms with Crippen LogP contribution in [0.4, 0.5) is 0 Å². The maximum atomic E-state index is 10.1. The highest BCUT2D eigenvalue weighted by Crippen LogP contribution is 2.02. The summed E-state index contributed by atoms with van der Waals surface area (Å²) in [4.78, 5) is 9.75. The minimum Gasteiger partial charge on any atom is -0.272 e. The van der Waals surface area contributed by atoms with Gasteiger partial charge in [0.15, 0.2) is 0 Å². The molecule has 0 saturated heterocycles. The number of aromatic nitrogens is 2. The van der Waals surface area contributed by atoms with Gasteiger partial charge in [0.1, 0.15) is 0 Å². The smallest absolute Gasteiger partial charge is 0.209 e. The molecule has 1 heterocycles. The Morgan fingerprint density at radius 1 is 1.75 bits per heavy atom. The zero-order valence-corrected chi connectivity index (χ0v) is 7.15. The lowest BCUT2D eigenvalue weighted by Gasteiger charge is -1.96. The first-order valence-electron chi connectivity index (χ1n) is 3.71. The van der Waals surface area contributed by atoms with Crippen LogP contribution in [0.3, 0.4) is 0 Å². The van der Waals surface area contributed by atoms with E-state index < -0.39 is 0 Å². The van der Waals surface area contributed by atoms with Crippen LogP contribution < -0.4 is 0 Å². The Balaban J connectivity index is 2.62. The van der Waals surface area contributed by atoms with Crippen molar-refractivity contribution in [3.63, 3.8) is 0 Å². The van der Waals surface area contributed by atoms with E-state index in [2.05, 4.69) is 5.10 Å². The predicted molar refractivity (Wildman–Crippen MR) is 43.5 cm³/mol. The Morgan fingerprint density at radius 2 is 2.42 bits per heavy atom. The van der Waals surface area contributed by atoms with Crippen LogP contribution >= 0.6 is 0 Å². The summed E-state index contributed by atoms with van der Waals surface area (Å²) < 4.78 is 1.68. The molecule has 66 valence electrons. The van der Waals surface area contributed by atoms with Crippen LogP contribution in [-0.2, 0) is 13.5 Å². The molecule has 0 radical (unpaired) electrons. The van der Waals surface area contributed by atoms with Crippen molar-refractivity contribution < 1.29 is 4.92 Å². The Morgan fingerprint density at radius 3 is 2.83 bits per heavy atom. The van der Waals surface area contributed by atoms with E-state index >= 15 is 0 Å². The number of aryl methyl sites for hydroxylation is 2. The molecule has 0 spiro atoms. The fourth-order valence-corrected chi connectivity index (χ4v) is 1.10. The van der Waals surface area contributed by atoms with E-state index in [0.29, 0.717) is 6.42 Å². The van der Waals surface area contributed by atoms with Crippen molar-refractivity contribution in [2.24, 2.45) is 7.05 Å². The molecule has 0 N–H and O–H groups in total. The molecule has 0 aliphatic rings. The first kappa shape index (κ1) is 8.70. The Labute approximate surface area is 70.2 Å². The second-order valence-electron chi connectivity index (χ2n) is 2.71. The van der Waals surface area contributed by atoms with Crippen molar-refractivity contribution in [3.05, 3.63) is 27.6 Å². The molecule has 0 aliphatic carbocycles. The molecular formula is C7H11N3O2. The zero-order valence-electron chi connectivity index (χ0n) is 7.15. The van der Waals surface area contributed by atoms with Gasteiger partial charge in [0, 0.05) is 17.7 Å². The molecule has 0 fully saturated rings. The third-order valence-electron chi connectivity index (χ3n) is 1.65. The summed E-state index contributed by atoms with van der Waals surface area (Å²) in [5.41, 5.74) is 1.81. The van der Waals surface area contributed by atoms with Gasteiger partial charge < -0.3 is 0 Å². The van der Waals surface area contributed by atoms with Gasteiger partial charge in [0.25, 0.3) is 0 Å². The molecule has 1 aromatic heterocycles. The van der Waals surface area contributed by atoms with Crippen LogP contribution in [0, 0.1) is 17.0 Å². The van der Waals surface area contributed by atoms with Crippen molar-refractivity contribution in [1.82, 2.24) is 9.78 Å². The minimum atomic E-state index is -0.317. The number of hydrogen-bond acceptors (Lipinski definition) is 3. The molecule has 0 aromatic carbocycles. The molecule has 0 amide bonds. The van der Waals surface area contributed by atoms with Gasteiger partial charge in [-0.3, -0.25) is 14.8 Å². The minimum absolute atomic E-state index is 0.0288. The van der Waals surface area contributed by atoms with Crippen LogP contribution in [0.2, 0.25) is 0 Å². The quantitative estimate of drug-likeness (QED) is 0.490. The molecule has 1 rings (SSSR count). The van der Waals surface area contributed by atoms with Gasteiger partial charge in [-0.05, 0) is 13.0 Å². The summed E-state index contributed by atoms with van der Waals surface area (Å²) in [5, 5.41) is 14.1. The maximum absolute atomic E-state index is 10.1. The normalized spacial score (nSPS) is 10.2. The average molecular weight is 169 g/mol. The molecule has 0 bridgehead atoms. The van der Waals surface area contributed by atoms with Gasteiger partial charge in [0.05, 0.1) is 12.1 Å². The lowest BCUT2D eigenvalue weighted by molar-refractivity contribution is -0.479. The summed E-state index contributed by atoms with van der Waals surface area (Å²) >= 11 is 0. The molecule has 0 saturated carbocycles. The molecule has 0 unspecified atom stereocenters. The highest BCUT2D eigenvalue weighted by Gasteiger charge is 2.04. The van der Waals surface area contributed by atoms with E-state index in [4.69, 9.17) is 0 Å². The van der Waals surface area contributed by atoms with Gasteiger partial charge in [-0.1, -0.05) is 0 Å². The highest BCUT2D eigenvalue weighted by molar-refractivity contribution is 5.08. The van der Waals surface area contributed by atoms with Crippen molar-refractivity contribution in [1.29, 1.82) is 0 Å². The van der Waals surface area contributed by atoms with E-state index in [0.717, 1.165) is 11.4 Å². The van der Waals surface area contributed by atoms with Crippen LogP contribution in [0.25, 0.3) is 0 Å². The predicted octanol–water partition coefficient (Wildman–Crippen LogP) is 0.548. The molecule has 5 heteroatoms. The molecule has 0 aliphatic heterocycles. The second kappa shape index (κ2) is 3.34. The number of rotatable bonds is 3. The summed E-state index contributed by atoms with van der Waals surface area (Å²) in [5.74, 6) is 0. The summed E-state index contributed by atoms with van der Waals surface area (Å²) in [6.07, 6.45) is 0.449. The molecule has 1 aromatic rings. The average Bonchev–Trinajstić information content (AvgIpc) is 2.26. The zero-order chi connectivity index (χ0) is 9.14. The largest absolute Gasteiger partial charge is 0.272 e. The summed E-state index contributed by atoms with van der Waals surface area (Å²) in [7, 11) is 1.79. The fraction of sp³-hybridized carbons (Fsp3) is 0.571. The van der Waals surface area contributed by atoms with Crippen molar-refractivity contribution >= 4 is 0 Å². The second-order valence-corrected chi connectivity index (χ2v) is 2.71. The number of nitro groups is 1. The lowest BCUT2D eigenvalue weighted by atomic mass is 10.3. The lowest BCUT2D eigenvalue weighted by Crippen LogP contribution is -2.07. The van der Waals surface area contributed by atoms with Crippen molar-refractivity contribution in [2.75, 3.05) is 6.54 Å². The van der Waals surface area contributed by atoms with Gasteiger partial charge in [0.2, 0.25) is 6.54 Å². The topological polar surface area (TPSA) is 61.0 Å². The first-order valence-corrected chi connectivity index (χ1v) is 3.71. The Bertz CT molecular complexity index is 293. The molecular weight excluding hydrogens is 158 g/mol. The SMILES string of the molecule is Cc1cc(CC[N+](=O)[O-])n(C)n1. The monoisotopic (exact) mass is 169 g/mol. The third kappa shape index (κ3) is 2.05. The number of nitrogens with zero attached hydrogens (tertiary/aromatic N) is 3. The Kier molecular flexibility index (Phi) is 2.42. The molecule has 5 nitrogen and oxygen atoms in total. The van der Waals surface area contributed by atoms with E-state index in [1.165, 1.54) is 0 Å². The molecule has 0 atom stereocenters. The fourth-order valence-electron chi connectivity index (χ4n) is 1.10. The van der Waals surface area contributed by atoms with E-state index in [1.54, 1.807) is 11.7 Å². The summed E-state index contributed by atoms with van der Waals surface area (Å²) in [6.45, 7) is 1.84. The van der Waals surface area contributed by atoms with Crippen LogP contribution in [0.5, 0.6) is 0 Å². The van der Waals surface area contributed by atoms with Crippen molar-refractivity contribution in [2.45, 2.75) is 13.3 Å². The Hall–Kier alpha value is -1.39. The van der Waals surface area contributed by atoms with Gasteiger partial charge in [-0.2, -0.15) is 5.10 Å². The first-order chi connectivity index (χ1) is 5.59. The van der Waals surface area contributed by atoms with E-state index in [1.807, 2.05) is 13.0 Å². The third-order valence-corrected chi connectivity index (χ3v) is 1.65. The number of hydrogen-bond donors (Lipinski definition) is 0. The maximum Gasteiger partial charge on any atom is 0.209 e. The van der Waals surface area contributed by atoms with Crippen LogP contribution in [0.1, 0.15) is 11.4 Å². The van der Waals surface area contributed by atoms with Gasteiger partial charge in [-0.15, -0.1) is 0 Å². The summed E-state index contributed by atoms with van der Waals surface area (Å²) in [6, 6.07) is 1.86. The van der Waals surface area contributed by atoms with E-state index in [-0.39, 0.29) is 11.5 Å². The van der Waals surface area contributed by atoms with Crippen LogP contribution in [0.15, 0.2) is 6.07 Å².